The van der Waals surface area contributed by atoms with Crippen LogP contribution in [0.5, 0.6) is 0 Å². The van der Waals surface area contributed by atoms with Crippen molar-refractivity contribution >= 4 is 47.4 Å². The Hall–Kier alpha value is -1.26. The van der Waals surface area contributed by atoms with E-state index >= 15 is 0 Å². The van der Waals surface area contributed by atoms with Crippen molar-refractivity contribution in [1.29, 1.82) is 0 Å². The molecule has 0 bridgehead atoms. The molecule has 84 valence electrons. The second kappa shape index (κ2) is 3.89. The molecule has 0 saturated carbocycles. The van der Waals surface area contributed by atoms with Crippen LogP contribution in [0.1, 0.15) is 0 Å². The highest BCUT2D eigenvalue weighted by Crippen LogP contribution is 2.30. The molecule has 0 amide bonds. The van der Waals surface area contributed by atoms with Gasteiger partial charge in [-0.25, -0.2) is 4.39 Å². The minimum Gasteiger partial charge on any atom is -0.289 e. The first-order valence-corrected chi connectivity index (χ1v) is 6.58. The molecule has 3 aromatic rings. The fraction of sp³-hybridized carbons (Fsp3) is 0. The fourth-order valence-electron chi connectivity index (χ4n) is 1.82. The smallest absolute Gasteiger partial charge is 0.196 e. The summed E-state index contributed by atoms with van der Waals surface area (Å²) in [7, 11) is 0. The van der Waals surface area contributed by atoms with E-state index in [4.69, 9.17) is 0 Å². The van der Waals surface area contributed by atoms with E-state index < -0.39 is 0 Å². The van der Waals surface area contributed by atoms with Gasteiger partial charge in [-0.1, -0.05) is 6.07 Å². The molecule has 2 aromatic carbocycles. The van der Waals surface area contributed by atoms with Gasteiger partial charge in [0.15, 0.2) is 5.43 Å². The minimum atomic E-state index is -0.379. The largest absolute Gasteiger partial charge is 0.289 e. The third-order valence-corrected chi connectivity index (χ3v) is 4.75. The third-order valence-electron chi connectivity index (χ3n) is 2.61. The average molecular weight is 309 g/mol. The Bertz CT molecular complexity index is 788. The van der Waals surface area contributed by atoms with E-state index in [1.54, 1.807) is 12.1 Å². The molecule has 1 aromatic heterocycles. The lowest BCUT2D eigenvalue weighted by molar-refractivity contribution is 0.630. The third kappa shape index (κ3) is 1.68. The van der Waals surface area contributed by atoms with Crippen LogP contribution in [0.4, 0.5) is 4.39 Å². The zero-order chi connectivity index (χ0) is 12.0. The van der Waals surface area contributed by atoms with Gasteiger partial charge in [-0.3, -0.25) is 4.79 Å². The van der Waals surface area contributed by atoms with E-state index in [0.29, 0.717) is 10.8 Å². The first-order chi connectivity index (χ1) is 8.16. The quantitative estimate of drug-likeness (QED) is 0.565. The number of hydrogen-bond donors (Lipinski definition) is 0. The zero-order valence-corrected chi connectivity index (χ0v) is 10.9. The summed E-state index contributed by atoms with van der Waals surface area (Å²) in [5, 5.41) is 1.07. The van der Waals surface area contributed by atoms with Crippen LogP contribution in [0.3, 0.4) is 0 Å². The fourth-order valence-corrected chi connectivity index (χ4v) is 3.48. The highest BCUT2D eigenvalue weighted by atomic mass is 79.9. The number of halogens is 2. The highest BCUT2D eigenvalue weighted by Gasteiger charge is 2.08. The molecule has 0 unspecified atom stereocenters. The summed E-state index contributed by atoms with van der Waals surface area (Å²) >= 11 is 4.92. The van der Waals surface area contributed by atoms with Gasteiger partial charge in [-0.15, -0.1) is 11.3 Å². The zero-order valence-electron chi connectivity index (χ0n) is 8.54. The lowest BCUT2D eigenvalue weighted by Gasteiger charge is -2.02. The van der Waals surface area contributed by atoms with Gasteiger partial charge in [0.05, 0.1) is 4.70 Å². The van der Waals surface area contributed by atoms with Crippen molar-refractivity contribution in [2.75, 3.05) is 0 Å². The summed E-state index contributed by atoms with van der Waals surface area (Å²) in [6.45, 7) is 0. The molecule has 0 radical (unpaired) electrons. The molecule has 0 aliphatic rings. The number of hydrogen-bond acceptors (Lipinski definition) is 2. The topological polar surface area (TPSA) is 17.1 Å². The maximum atomic E-state index is 13.2. The highest BCUT2D eigenvalue weighted by molar-refractivity contribution is 9.10. The van der Waals surface area contributed by atoms with E-state index in [-0.39, 0.29) is 11.2 Å². The van der Waals surface area contributed by atoms with Gasteiger partial charge < -0.3 is 0 Å². The molecule has 0 saturated heterocycles. The molecule has 0 fully saturated rings. The van der Waals surface area contributed by atoms with Gasteiger partial charge in [-0.2, -0.15) is 0 Å². The lowest BCUT2D eigenvalue weighted by Crippen LogP contribution is -2.01. The number of benzene rings is 2. The van der Waals surface area contributed by atoms with Crippen LogP contribution in [0.2, 0.25) is 0 Å². The second-order valence-electron chi connectivity index (χ2n) is 3.69. The van der Waals surface area contributed by atoms with Crippen LogP contribution >= 0.6 is 27.3 Å². The minimum absolute atomic E-state index is 0.116. The van der Waals surface area contributed by atoms with Gasteiger partial charge in [0.1, 0.15) is 5.82 Å². The molecule has 3 rings (SSSR count). The molecule has 0 spiro atoms. The van der Waals surface area contributed by atoms with Gasteiger partial charge in [0, 0.05) is 19.9 Å². The molecule has 0 atom stereocenters. The van der Waals surface area contributed by atoms with Crippen molar-refractivity contribution in [3.8, 4) is 0 Å². The molecular weight excluding hydrogens is 303 g/mol. The second-order valence-corrected chi connectivity index (χ2v) is 5.59. The molecule has 0 aliphatic heterocycles. The Labute approximate surface area is 109 Å². The van der Waals surface area contributed by atoms with E-state index in [9.17, 15) is 9.18 Å². The molecule has 4 heteroatoms. The van der Waals surface area contributed by atoms with Crippen LogP contribution in [0, 0.1) is 5.82 Å². The maximum Gasteiger partial charge on any atom is 0.196 e. The van der Waals surface area contributed by atoms with Crippen molar-refractivity contribution in [1.82, 2.24) is 0 Å². The van der Waals surface area contributed by atoms with Gasteiger partial charge in [0.2, 0.25) is 0 Å². The van der Waals surface area contributed by atoms with Gasteiger partial charge in [0.25, 0.3) is 0 Å². The Balaban J connectivity index is 2.62. The number of rotatable bonds is 0. The Morgan fingerprint density at radius 1 is 1.12 bits per heavy atom. The van der Waals surface area contributed by atoms with Crippen molar-refractivity contribution < 1.29 is 4.39 Å². The molecule has 1 heterocycles. The van der Waals surface area contributed by atoms with Gasteiger partial charge in [-0.05, 0) is 46.3 Å². The van der Waals surface area contributed by atoms with Crippen LogP contribution in [0.25, 0.3) is 20.2 Å². The maximum absolute atomic E-state index is 13.2. The summed E-state index contributed by atoms with van der Waals surface area (Å²) in [4.78, 5) is 12.2. The Morgan fingerprint density at radius 2 is 1.94 bits per heavy atom. The lowest BCUT2D eigenvalue weighted by atomic mass is 10.2. The first-order valence-electron chi connectivity index (χ1n) is 4.97. The van der Waals surface area contributed by atoms with E-state index in [1.807, 2.05) is 12.1 Å². The summed E-state index contributed by atoms with van der Waals surface area (Å²) in [5.74, 6) is -0.379. The van der Waals surface area contributed by atoms with Gasteiger partial charge >= 0.3 is 0 Å². The summed E-state index contributed by atoms with van der Waals surface area (Å²) in [6.07, 6.45) is 0. The van der Waals surface area contributed by atoms with Crippen molar-refractivity contribution in [2.45, 2.75) is 0 Å². The molecular formula is C13H6BrFOS. The van der Waals surface area contributed by atoms with Crippen LogP contribution < -0.4 is 5.43 Å². The van der Waals surface area contributed by atoms with Crippen LogP contribution in [0.15, 0.2) is 45.7 Å². The molecule has 17 heavy (non-hydrogen) atoms. The summed E-state index contributed by atoms with van der Waals surface area (Å²) in [5.41, 5.74) is -0.116. The SMILES string of the molecule is O=c1c2cc(F)ccc2sc2c(Br)cccc12. The predicted molar refractivity (Wildman–Crippen MR) is 73.3 cm³/mol. The van der Waals surface area contributed by atoms with E-state index in [1.165, 1.54) is 23.5 Å². The Morgan fingerprint density at radius 3 is 2.76 bits per heavy atom. The van der Waals surface area contributed by atoms with E-state index in [2.05, 4.69) is 15.9 Å². The monoisotopic (exact) mass is 308 g/mol. The first kappa shape index (κ1) is 10.9. The summed E-state index contributed by atoms with van der Waals surface area (Å²) in [6, 6.07) is 9.80. The van der Waals surface area contributed by atoms with Crippen LogP contribution in [-0.2, 0) is 0 Å². The number of fused-ring (bicyclic) bond motifs is 2. The van der Waals surface area contributed by atoms with Crippen molar-refractivity contribution in [2.24, 2.45) is 0 Å². The van der Waals surface area contributed by atoms with Crippen LogP contribution in [-0.4, -0.2) is 0 Å². The predicted octanol–water partition coefficient (Wildman–Crippen LogP) is 4.32. The normalized spacial score (nSPS) is 11.2. The molecule has 0 aliphatic carbocycles. The summed E-state index contributed by atoms with van der Waals surface area (Å²) < 4.78 is 15.7. The van der Waals surface area contributed by atoms with Crippen molar-refractivity contribution in [3.63, 3.8) is 0 Å². The standard InChI is InChI=1S/C13H6BrFOS/c14-10-3-1-2-8-12(16)9-6-7(15)4-5-11(9)17-13(8)10/h1-6H. The van der Waals surface area contributed by atoms with Crippen molar-refractivity contribution in [3.05, 3.63) is 56.9 Å². The van der Waals surface area contributed by atoms with E-state index in [0.717, 1.165) is 13.9 Å². The Kier molecular flexibility index (Phi) is 2.49. The molecule has 1 nitrogen and oxygen atoms in total. The average Bonchev–Trinajstić information content (AvgIpc) is 2.32. The molecule has 0 N–H and O–H groups in total.